The Balaban J connectivity index is 1.80. The number of carbonyl (C=O) groups is 1. The molecule has 0 aliphatic heterocycles. The fourth-order valence-electron chi connectivity index (χ4n) is 1.44. The van der Waals surface area contributed by atoms with Crippen molar-refractivity contribution in [2.24, 2.45) is 0 Å². The molecule has 0 unspecified atom stereocenters. The molecular weight excluding hydrogens is 294 g/mol. The number of aromatic nitrogens is 2. The van der Waals surface area contributed by atoms with Crippen LogP contribution in [0, 0.1) is 6.92 Å². The summed E-state index contributed by atoms with van der Waals surface area (Å²) in [5.74, 6) is 1.42. The van der Waals surface area contributed by atoms with Crippen LogP contribution in [0.1, 0.15) is 11.5 Å². The lowest BCUT2D eigenvalue weighted by atomic mass is 10.2. The Bertz CT molecular complexity index is 569. The Kier molecular flexibility index (Phi) is 5.49. The number of nitrogens with zero attached hydrogens (tertiary/aromatic N) is 2. The average molecular weight is 309 g/mol. The molecule has 1 aromatic heterocycles. The summed E-state index contributed by atoms with van der Waals surface area (Å²) in [4.78, 5) is 11.8. The van der Waals surface area contributed by atoms with Gasteiger partial charge in [0, 0.05) is 5.69 Å². The van der Waals surface area contributed by atoms with Gasteiger partial charge in [-0.25, -0.2) is 0 Å². The third kappa shape index (κ3) is 4.57. The van der Waals surface area contributed by atoms with Gasteiger partial charge >= 0.3 is 0 Å². The van der Waals surface area contributed by atoms with Crippen molar-refractivity contribution in [2.45, 2.75) is 17.9 Å². The summed E-state index contributed by atoms with van der Waals surface area (Å²) in [6.45, 7) is 2.00. The molecule has 2 rings (SSSR count). The predicted octanol–water partition coefficient (Wildman–Crippen LogP) is 2.97. The third-order valence-corrected chi connectivity index (χ3v) is 3.73. The van der Waals surface area contributed by atoms with Crippen molar-refractivity contribution >= 4 is 35.1 Å². The number of carbonyl (C=O) groups excluding carboxylic acids is 1. The molecule has 0 radical (unpaired) electrons. The topological polar surface area (TPSA) is 68.0 Å². The van der Waals surface area contributed by atoms with Gasteiger partial charge in [-0.1, -0.05) is 29.5 Å². The van der Waals surface area contributed by atoms with E-state index in [1.807, 2.05) is 37.4 Å². The molecule has 0 aliphatic rings. The fourth-order valence-corrected chi connectivity index (χ4v) is 2.38. The smallest absolute Gasteiger partial charge is 0.277 e. The molecule has 0 spiro atoms. The Morgan fingerprint density at radius 2 is 2.05 bits per heavy atom. The van der Waals surface area contributed by atoms with Gasteiger partial charge in [-0.05, 0) is 25.3 Å². The Morgan fingerprint density at radius 3 is 2.75 bits per heavy atom. The highest BCUT2D eigenvalue weighted by Gasteiger charge is 2.09. The van der Waals surface area contributed by atoms with Crippen molar-refractivity contribution in [1.29, 1.82) is 0 Å². The lowest BCUT2D eigenvalue weighted by molar-refractivity contribution is -0.113. The zero-order valence-electron chi connectivity index (χ0n) is 11.3. The molecule has 0 saturated carbocycles. The van der Waals surface area contributed by atoms with Crippen LogP contribution in [-0.2, 0) is 10.5 Å². The van der Waals surface area contributed by atoms with Gasteiger partial charge in [-0.2, -0.15) is 11.8 Å². The molecule has 2 aromatic rings. The van der Waals surface area contributed by atoms with E-state index in [9.17, 15) is 4.79 Å². The number of hydrogen-bond acceptors (Lipinski definition) is 6. The first-order valence-corrected chi connectivity index (χ1v) is 8.36. The highest BCUT2D eigenvalue weighted by Crippen LogP contribution is 2.18. The van der Waals surface area contributed by atoms with Crippen LogP contribution in [-0.4, -0.2) is 28.1 Å². The molecule has 106 valence electrons. The van der Waals surface area contributed by atoms with Crippen LogP contribution in [0.4, 0.5) is 5.69 Å². The first kappa shape index (κ1) is 14.9. The second-order valence-electron chi connectivity index (χ2n) is 4.10. The first-order valence-electron chi connectivity index (χ1n) is 5.98. The van der Waals surface area contributed by atoms with E-state index in [0.29, 0.717) is 16.9 Å². The number of anilines is 1. The summed E-state index contributed by atoms with van der Waals surface area (Å²) in [5, 5.41) is 11.0. The SMILES string of the molecule is CSCc1nnc(SCC(=O)Nc2ccc(C)cc2)o1. The monoisotopic (exact) mass is 309 g/mol. The molecule has 0 fully saturated rings. The summed E-state index contributed by atoms with van der Waals surface area (Å²) in [5.41, 5.74) is 1.94. The van der Waals surface area contributed by atoms with Crippen LogP contribution in [0.15, 0.2) is 33.9 Å². The van der Waals surface area contributed by atoms with E-state index < -0.39 is 0 Å². The summed E-state index contributed by atoms with van der Waals surface area (Å²) in [6.07, 6.45) is 1.96. The molecule has 1 aromatic carbocycles. The van der Waals surface area contributed by atoms with E-state index in [1.165, 1.54) is 11.8 Å². The number of benzene rings is 1. The second-order valence-corrected chi connectivity index (χ2v) is 5.89. The van der Waals surface area contributed by atoms with E-state index in [4.69, 9.17) is 4.42 Å². The van der Waals surface area contributed by atoms with E-state index in [-0.39, 0.29) is 11.7 Å². The zero-order valence-corrected chi connectivity index (χ0v) is 12.9. The summed E-state index contributed by atoms with van der Waals surface area (Å²) in [6, 6.07) is 7.66. The standard InChI is InChI=1S/C13H15N3O2S2/c1-9-3-5-10(6-4-9)14-11(17)7-20-13-16-15-12(18-13)8-19-2/h3-6H,7-8H2,1-2H3,(H,14,17). The van der Waals surface area contributed by atoms with Crippen molar-refractivity contribution in [3.8, 4) is 0 Å². The molecule has 0 bridgehead atoms. The minimum Gasteiger partial charge on any atom is -0.415 e. The van der Waals surface area contributed by atoms with Gasteiger partial charge in [0.1, 0.15) is 0 Å². The van der Waals surface area contributed by atoms with Crippen molar-refractivity contribution in [1.82, 2.24) is 10.2 Å². The molecule has 0 atom stereocenters. The lowest BCUT2D eigenvalue weighted by Crippen LogP contribution is -2.13. The highest BCUT2D eigenvalue weighted by molar-refractivity contribution is 7.99. The molecular formula is C13H15N3O2S2. The maximum Gasteiger partial charge on any atom is 0.277 e. The normalized spacial score (nSPS) is 10.5. The second kappa shape index (κ2) is 7.35. The zero-order chi connectivity index (χ0) is 14.4. The van der Waals surface area contributed by atoms with Crippen molar-refractivity contribution in [2.75, 3.05) is 17.3 Å². The first-order chi connectivity index (χ1) is 9.67. The largest absolute Gasteiger partial charge is 0.415 e. The Labute approximate surface area is 125 Å². The fraction of sp³-hybridized carbons (Fsp3) is 0.308. The van der Waals surface area contributed by atoms with Crippen LogP contribution < -0.4 is 5.32 Å². The van der Waals surface area contributed by atoms with Gasteiger partial charge in [-0.15, -0.1) is 10.2 Å². The molecule has 1 amide bonds. The summed E-state index contributed by atoms with van der Waals surface area (Å²) >= 11 is 2.85. The number of nitrogens with one attached hydrogen (secondary N) is 1. The molecule has 1 heterocycles. The number of amides is 1. The van der Waals surface area contributed by atoms with E-state index in [2.05, 4.69) is 15.5 Å². The van der Waals surface area contributed by atoms with Gasteiger partial charge < -0.3 is 9.73 Å². The van der Waals surface area contributed by atoms with Gasteiger partial charge in [0.05, 0.1) is 11.5 Å². The van der Waals surface area contributed by atoms with Gasteiger partial charge in [0.15, 0.2) is 0 Å². The molecule has 5 nitrogen and oxygen atoms in total. The molecule has 7 heteroatoms. The molecule has 0 saturated heterocycles. The van der Waals surface area contributed by atoms with Crippen LogP contribution >= 0.6 is 23.5 Å². The van der Waals surface area contributed by atoms with Crippen molar-refractivity contribution in [3.05, 3.63) is 35.7 Å². The number of thioether (sulfide) groups is 2. The number of aryl methyl sites for hydroxylation is 1. The third-order valence-electron chi connectivity index (χ3n) is 2.38. The van der Waals surface area contributed by atoms with Crippen molar-refractivity contribution in [3.63, 3.8) is 0 Å². The minimum absolute atomic E-state index is 0.0940. The van der Waals surface area contributed by atoms with Crippen molar-refractivity contribution < 1.29 is 9.21 Å². The highest BCUT2D eigenvalue weighted by atomic mass is 32.2. The van der Waals surface area contributed by atoms with Gasteiger partial charge in [0.25, 0.3) is 5.22 Å². The predicted molar refractivity (Wildman–Crippen MR) is 82.0 cm³/mol. The van der Waals surface area contributed by atoms with Crippen LogP contribution in [0.2, 0.25) is 0 Å². The Morgan fingerprint density at radius 1 is 1.30 bits per heavy atom. The number of hydrogen-bond donors (Lipinski definition) is 1. The summed E-state index contributed by atoms with van der Waals surface area (Å²) < 4.78 is 5.38. The van der Waals surface area contributed by atoms with Crippen LogP contribution in [0.25, 0.3) is 0 Å². The maximum atomic E-state index is 11.8. The van der Waals surface area contributed by atoms with E-state index in [0.717, 1.165) is 11.3 Å². The summed E-state index contributed by atoms with van der Waals surface area (Å²) in [7, 11) is 0. The molecule has 20 heavy (non-hydrogen) atoms. The Hall–Kier alpha value is -1.47. The van der Waals surface area contributed by atoms with E-state index >= 15 is 0 Å². The lowest BCUT2D eigenvalue weighted by Gasteiger charge is -2.03. The quantitative estimate of drug-likeness (QED) is 0.827. The van der Waals surface area contributed by atoms with Gasteiger partial charge in [-0.3, -0.25) is 4.79 Å². The van der Waals surface area contributed by atoms with E-state index in [1.54, 1.807) is 11.8 Å². The molecule has 1 N–H and O–H groups in total. The maximum absolute atomic E-state index is 11.8. The average Bonchev–Trinajstić information content (AvgIpc) is 2.87. The van der Waals surface area contributed by atoms with Crippen LogP contribution in [0.5, 0.6) is 0 Å². The van der Waals surface area contributed by atoms with Crippen LogP contribution in [0.3, 0.4) is 0 Å². The minimum atomic E-state index is -0.0940. The molecule has 0 aliphatic carbocycles. The number of rotatable bonds is 6. The van der Waals surface area contributed by atoms with Gasteiger partial charge in [0.2, 0.25) is 11.8 Å².